The number of carbonyl (C=O) groups excluding carboxylic acids is 1. The zero-order valence-corrected chi connectivity index (χ0v) is 10.9. The summed E-state index contributed by atoms with van der Waals surface area (Å²) in [6.45, 7) is 2.00. The highest BCUT2D eigenvalue weighted by atomic mass is 79.9. The molecule has 1 N–H and O–H groups in total. The van der Waals surface area contributed by atoms with Crippen molar-refractivity contribution in [2.75, 3.05) is 5.32 Å². The van der Waals surface area contributed by atoms with E-state index in [0.717, 1.165) is 15.7 Å². The zero-order valence-electron chi connectivity index (χ0n) is 8.53. The molecule has 82 valence electrons. The van der Waals surface area contributed by atoms with Gasteiger partial charge >= 0.3 is 0 Å². The number of anilines is 1. The molecule has 1 heterocycles. The third kappa shape index (κ3) is 2.48. The van der Waals surface area contributed by atoms with Crippen molar-refractivity contribution in [1.82, 2.24) is 4.98 Å². The highest BCUT2D eigenvalue weighted by Gasteiger charge is 2.09. The van der Waals surface area contributed by atoms with Crippen LogP contribution in [0.4, 0.5) is 5.69 Å². The van der Waals surface area contributed by atoms with E-state index in [2.05, 4.69) is 26.2 Å². The number of aryl methyl sites for hydroxylation is 1. The number of hydrogen-bond donors (Lipinski definition) is 1. The van der Waals surface area contributed by atoms with Gasteiger partial charge in [-0.15, -0.1) is 11.3 Å². The second kappa shape index (κ2) is 4.76. The number of nitrogens with one attached hydrogen (secondary N) is 1. The Kier molecular flexibility index (Phi) is 3.36. The van der Waals surface area contributed by atoms with Crippen molar-refractivity contribution in [3.05, 3.63) is 44.8 Å². The Labute approximate surface area is 106 Å². The number of rotatable bonds is 2. The van der Waals surface area contributed by atoms with Crippen molar-refractivity contribution in [2.45, 2.75) is 6.92 Å². The van der Waals surface area contributed by atoms with Crippen LogP contribution >= 0.6 is 27.3 Å². The lowest BCUT2D eigenvalue weighted by Gasteiger charge is -2.06. The summed E-state index contributed by atoms with van der Waals surface area (Å²) in [4.78, 5) is 16.2. The van der Waals surface area contributed by atoms with E-state index >= 15 is 0 Å². The first-order valence-electron chi connectivity index (χ1n) is 4.63. The molecule has 0 atom stereocenters. The molecule has 0 radical (unpaired) electrons. The van der Waals surface area contributed by atoms with Crippen LogP contribution in [-0.2, 0) is 0 Å². The van der Waals surface area contributed by atoms with Crippen molar-refractivity contribution in [2.24, 2.45) is 0 Å². The molecule has 2 aromatic rings. The Morgan fingerprint density at radius 3 is 2.94 bits per heavy atom. The van der Waals surface area contributed by atoms with E-state index in [0.29, 0.717) is 4.88 Å². The molecule has 0 aliphatic heterocycles. The molecular weight excluding hydrogens is 288 g/mol. The zero-order chi connectivity index (χ0) is 11.5. The van der Waals surface area contributed by atoms with Crippen molar-refractivity contribution in [3.8, 4) is 0 Å². The van der Waals surface area contributed by atoms with Gasteiger partial charge in [0.1, 0.15) is 4.88 Å². The fourth-order valence-corrected chi connectivity index (χ4v) is 2.34. The van der Waals surface area contributed by atoms with Gasteiger partial charge in [0.15, 0.2) is 0 Å². The molecule has 0 fully saturated rings. The van der Waals surface area contributed by atoms with Crippen LogP contribution in [0.2, 0.25) is 0 Å². The maximum absolute atomic E-state index is 11.8. The summed E-state index contributed by atoms with van der Waals surface area (Å²) in [6, 6.07) is 5.79. The van der Waals surface area contributed by atoms with Gasteiger partial charge in [-0.2, -0.15) is 0 Å². The van der Waals surface area contributed by atoms with Gasteiger partial charge < -0.3 is 5.32 Å². The number of carbonyl (C=O) groups is 1. The molecule has 0 aliphatic carbocycles. The number of nitrogens with zero attached hydrogens (tertiary/aromatic N) is 1. The largest absolute Gasteiger partial charge is 0.320 e. The first-order chi connectivity index (χ1) is 7.66. The van der Waals surface area contributed by atoms with E-state index in [-0.39, 0.29) is 5.91 Å². The van der Waals surface area contributed by atoms with E-state index < -0.39 is 0 Å². The van der Waals surface area contributed by atoms with Crippen molar-refractivity contribution in [3.63, 3.8) is 0 Å². The molecule has 2 rings (SSSR count). The molecule has 5 heteroatoms. The van der Waals surface area contributed by atoms with Gasteiger partial charge in [0.2, 0.25) is 0 Å². The Morgan fingerprint density at radius 2 is 2.31 bits per heavy atom. The lowest BCUT2D eigenvalue weighted by atomic mass is 10.2. The summed E-state index contributed by atoms with van der Waals surface area (Å²) < 4.78 is 0.880. The average molecular weight is 297 g/mol. The number of amides is 1. The molecule has 1 amide bonds. The van der Waals surface area contributed by atoms with Crippen LogP contribution in [0, 0.1) is 6.92 Å². The molecule has 1 aromatic carbocycles. The first kappa shape index (κ1) is 11.3. The molecule has 0 saturated heterocycles. The van der Waals surface area contributed by atoms with Gasteiger partial charge in [0, 0.05) is 4.47 Å². The summed E-state index contributed by atoms with van der Waals surface area (Å²) in [5.41, 5.74) is 3.55. The van der Waals surface area contributed by atoms with Crippen LogP contribution < -0.4 is 5.32 Å². The number of benzene rings is 1. The molecule has 16 heavy (non-hydrogen) atoms. The Hall–Kier alpha value is -1.20. The Balaban J connectivity index is 2.18. The third-order valence-corrected chi connectivity index (χ3v) is 3.46. The monoisotopic (exact) mass is 296 g/mol. The lowest BCUT2D eigenvalue weighted by molar-refractivity contribution is 0.103. The highest BCUT2D eigenvalue weighted by molar-refractivity contribution is 9.10. The molecule has 0 saturated carbocycles. The fraction of sp³-hybridized carbons (Fsp3) is 0.0909. The van der Waals surface area contributed by atoms with Crippen LogP contribution in [0.5, 0.6) is 0 Å². The maximum Gasteiger partial charge on any atom is 0.267 e. The molecular formula is C11H9BrN2OS. The smallest absolute Gasteiger partial charge is 0.267 e. The molecule has 0 aliphatic rings. The normalized spacial score (nSPS) is 10.1. The van der Waals surface area contributed by atoms with E-state index in [1.165, 1.54) is 11.3 Å². The molecule has 1 aromatic heterocycles. The lowest BCUT2D eigenvalue weighted by Crippen LogP contribution is -2.10. The highest BCUT2D eigenvalue weighted by Crippen LogP contribution is 2.24. The van der Waals surface area contributed by atoms with E-state index in [4.69, 9.17) is 0 Å². The SMILES string of the molecule is Cc1ccc(NC(=O)c2cncs2)c(Br)c1. The van der Waals surface area contributed by atoms with Crippen LogP contribution in [0.1, 0.15) is 15.2 Å². The molecule has 3 nitrogen and oxygen atoms in total. The van der Waals surface area contributed by atoms with Crippen molar-refractivity contribution >= 4 is 38.9 Å². The van der Waals surface area contributed by atoms with Crippen molar-refractivity contribution < 1.29 is 4.79 Å². The van der Waals surface area contributed by atoms with E-state index in [9.17, 15) is 4.79 Å². The van der Waals surface area contributed by atoms with Gasteiger partial charge in [0.25, 0.3) is 5.91 Å². The summed E-state index contributed by atoms with van der Waals surface area (Å²) in [6.07, 6.45) is 1.56. The molecule has 0 unspecified atom stereocenters. The van der Waals surface area contributed by atoms with Crippen LogP contribution in [0.25, 0.3) is 0 Å². The van der Waals surface area contributed by atoms with Gasteiger partial charge in [-0.3, -0.25) is 9.78 Å². The quantitative estimate of drug-likeness (QED) is 0.922. The van der Waals surface area contributed by atoms with Crippen molar-refractivity contribution in [1.29, 1.82) is 0 Å². The summed E-state index contributed by atoms with van der Waals surface area (Å²) in [7, 11) is 0. The minimum absolute atomic E-state index is 0.132. The Morgan fingerprint density at radius 1 is 1.50 bits per heavy atom. The second-order valence-electron chi connectivity index (χ2n) is 3.30. The van der Waals surface area contributed by atoms with Crippen LogP contribution in [0.3, 0.4) is 0 Å². The standard InChI is InChI=1S/C11H9BrN2OS/c1-7-2-3-9(8(12)4-7)14-11(15)10-5-13-6-16-10/h2-6H,1H3,(H,14,15). The number of thiazole rings is 1. The summed E-state index contributed by atoms with van der Waals surface area (Å²) in [5.74, 6) is -0.132. The Bertz CT molecular complexity index is 511. The van der Waals surface area contributed by atoms with Gasteiger partial charge in [0.05, 0.1) is 17.4 Å². The number of halogens is 1. The minimum Gasteiger partial charge on any atom is -0.320 e. The predicted molar refractivity (Wildman–Crippen MR) is 68.9 cm³/mol. The topological polar surface area (TPSA) is 42.0 Å². The maximum atomic E-state index is 11.8. The van der Waals surface area contributed by atoms with Crippen LogP contribution in [0.15, 0.2) is 34.4 Å². The third-order valence-electron chi connectivity index (χ3n) is 2.03. The molecule has 0 spiro atoms. The van der Waals surface area contributed by atoms with Gasteiger partial charge in [-0.05, 0) is 40.5 Å². The first-order valence-corrected chi connectivity index (χ1v) is 6.30. The van der Waals surface area contributed by atoms with Gasteiger partial charge in [-0.25, -0.2) is 0 Å². The van der Waals surface area contributed by atoms with Crippen LogP contribution in [-0.4, -0.2) is 10.9 Å². The van der Waals surface area contributed by atoms with Gasteiger partial charge in [-0.1, -0.05) is 6.07 Å². The molecule has 0 bridgehead atoms. The summed E-state index contributed by atoms with van der Waals surface area (Å²) in [5, 5.41) is 2.82. The average Bonchev–Trinajstić information content (AvgIpc) is 2.75. The summed E-state index contributed by atoms with van der Waals surface area (Å²) >= 11 is 4.73. The fourth-order valence-electron chi connectivity index (χ4n) is 1.23. The predicted octanol–water partition coefficient (Wildman–Crippen LogP) is 3.47. The minimum atomic E-state index is -0.132. The number of aromatic nitrogens is 1. The second-order valence-corrected chi connectivity index (χ2v) is 5.04. The van der Waals surface area contributed by atoms with E-state index in [1.807, 2.05) is 25.1 Å². The van der Waals surface area contributed by atoms with E-state index in [1.54, 1.807) is 11.7 Å². The number of hydrogen-bond acceptors (Lipinski definition) is 3.